The molecule has 1 unspecified atom stereocenters. The lowest BCUT2D eigenvalue weighted by molar-refractivity contribution is -0.132. The summed E-state index contributed by atoms with van der Waals surface area (Å²) >= 11 is 6.29. The third-order valence-electron chi connectivity index (χ3n) is 5.51. The monoisotopic (exact) mass is 480 g/mol. The van der Waals surface area contributed by atoms with Crippen LogP contribution in [0.2, 0.25) is 5.02 Å². The quantitative estimate of drug-likeness (QED) is 0.317. The summed E-state index contributed by atoms with van der Waals surface area (Å²) in [6.45, 7) is 0. The molecule has 0 saturated carbocycles. The summed E-state index contributed by atoms with van der Waals surface area (Å²) in [5, 5.41) is 11.6. The number of methoxy groups -OCH3 is 3. The molecule has 34 heavy (non-hydrogen) atoms. The van der Waals surface area contributed by atoms with E-state index >= 15 is 0 Å². The summed E-state index contributed by atoms with van der Waals surface area (Å²) in [4.78, 5) is 32.0. The second-order valence-corrected chi connectivity index (χ2v) is 7.75. The van der Waals surface area contributed by atoms with Gasteiger partial charge < -0.3 is 19.3 Å². The Bertz CT molecular complexity index is 1290. The van der Waals surface area contributed by atoms with Crippen LogP contribution in [0.5, 0.6) is 17.2 Å². The van der Waals surface area contributed by atoms with Gasteiger partial charge in [-0.05, 0) is 29.8 Å². The highest BCUT2D eigenvalue weighted by molar-refractivity contribution is 6.51. The minimum absolute atomic E-state index is 0.125. The van der Waals surface area contributed by atoms with Crippen LogP contribution < -0.4 is 19.1 Å². The van der Waals surface area contributed by atoms with Crippen molar-refractivity contribution in [1.29, 1.82) is 0 Å². The highest BCUT2D eigenvalue weighted by Crippen LogP contribution is 2.44. The number of pyridine rings is 1. The van der Waals surface area contributed by atoms with Gasteiger partial charge in [0.25, 0.3) is 11.7 Å². The number of aliphatic hydroxyl groups is 1. The van der Waals surface area contributed by atoms with Gasteiger partial charge in [0.15, 0.2) is 0 Å². The lowest BCUT2D eigenvalue weighted by Gasteiger charge is -2.25. The molecule has 1 fully saturated rings. The van der Waals surface area contributed by atoms with E-state index in [4.69, 9.17) is 25.8 Å². The Morgan fingerprint density at radius 1 is 1.00 bits per heavy atom. The Morgan fingerprint density at radius 2 is 1.76 bits per heavy atom. The van der Waals surface area contributed by atoms with Crippen molar-refractivity contribution in [1.82, 2.24) is 4.98 Å². The van der Waals surface area contributed by atoms with Gasteiger partial charge in [-0.15, -0.1) is 0 Å². The predicted molar refractivity (Wildman–Crippen MR) is 127 cm³/mol. The Kier molecular flexibility index (Phi) is 6.43. The van der Waals surface area contributed by atoms with Crippen LogP contribution in [-0.4, -0.2) is 43.1 Å². The van der Waals surface area contributed by atoms with E-state index in [1.807, 2.05) is 0 Å². The molecule has 2 heterocycles. The average molecular weight is 481 g/mol. The maximum absolute atomic E-state index is 13.3. The highest BCUT2D eigenvalue weighted by Gasteiger charge is 2.47. The Morgan fingerprint density at radius 3 is 2.41 bits per heavy atom. The standard InChI is InChI=1S/C25H21ClN2O6/c1-32-16-8-4-7-15(10-16)28-22(14-6-5-9-27-13-14)21(24(30)25(28)31)23(29)17-11-18(26)20(34-3)12-19(17)33-2/h4-13,22,29H,1-3H3/b23-21+. The molecule has 0 bridgehead atoms. The minimum atomic E-state index is -0.952. The van der Waals surface area contributed by atoms with Crippen molar-refractivity contribution < 1.29 is 28.9 Å². The minimum Gasteiger partial charge on any atom is -0.507 e. The van der Waals surface area contributed by atoms with Crippen LogP contribution in [0, 0.1) is 0 Å². The number of benzene rings is 2. The van der Waals surface area contributed by atoms with Crippen molar-refractivity contribution in [2.24, 2.45) is 0 Å². The number of anilines is 1. The number of carbonyl (C=O) groups is 2. The summed E-state index contributed by atoms with van der Waals surface area (Å²) in [5.74, 6) is -1.04. The molecule has 1 N–H and O–H groups in total. The molecule has 0 aliphatic carbocycles. The van der Waals surface area contributed by atoms with E-state index in [0.717, 1.165) is 0 Å². The highest BCUT2D eigenvalue weighted by atomic mass is 35.5. The number of carbonyl (C=O) groups excluding carboxylic acids is 2. The van der Waals surface area contributed by atoms with Gasteiger partial charge in [-0.25, -0.2) is 0 Å². The Hall–Kier alpha value is -4.04. The molecule has 1 amide bonds. The fraction of sp³-hybridized carbons (Fsp3) is 0.160. The zero-order valence-corrected chi connectivity index (χ0v) is 19.4. The molecule has 4 rings (SSSR count). The number of rotatable bonds is 6. The van der Waals surface area contributed by atoms with E-state index in [1.165, 1.54) is 44.6 Å². The largest absolute Gasteiger partial charge is 0.507 e. The molecule has 0 spiro atoms. The van der Waals surface area contributed by atoms with Crippen LogP contribution in [0.4, 0.5) is 5.69 Å². The van der Waals surface area contributed by atoms with Crippen LogP contribution in [0.15, 0.2) is 66.5 Å². The number of aliphatic hydroxyl groups excluding tert-OH is 1. The maximum Gasteiger partial charge on any atom is 0.300 e. The van der Waals surface area contributed by atoms with E-state index in [0.29, 0.717) is 22.7 Å². The first kappa shape index (κ1) is 23.1. The van der Waals surface area contributed by atoms with Crippen molar-refractivity contribution in [2.45, 2.75) is 6.04 Å². The molecule has 1 aromatic heterocycles. The molecule has 3 aromatic rings. The summed E-state index contributed by atoms with van der Waals surface area (Å²) < 4.78 is 15.9. The third kappa shape index (κ3) is 3.92. The van der Waals surface area contributed by atoms with Gasteiger partial charge in [0, 0.05) is 30.2 Å². The molecule has 2 aromatic carbocycles. The van der Waals surface area contributed by atoms with Crippen molar-refractivity contribution in [3.8, 4) is 17.2 Å². The van der Waals surface area contributed by atoms with E-state index in [2.05, 4.69) is 4.98 Å². The van der Waals surface area contributed by atoms with Crippen molar-refractivity contribution in [3.05, 3.63) is 82.6 Å². The Balaban J connectivity index is 1.97. The van der Waals surface area contributed by atoms with Crippen molar-refractivity contribution in [3.63, 3.8) is 0 Å². The predicted octanol–water partition coefficient (Wildman–Crippen LogP) is 4.39. The molecular weight excluding hydrogens is 460 g/mol. The number of ether oxygens (including phenoxy) is 3. The second kappa shape index (κ2) is 9.44. The number of aromatic nitrogens is 1. The molecule has 174 valence electrons. The molecule has 1 atom stereocenters. The van der Waals surface area contributed by atoms with Gasteiger partial charge in [-0.1, -0.05) is 23.7 Å². The first-order valence-electron chi connectivity index (χ1n) is 10.2. The summed E-state index contributed by atoms with van der Waals surface area (Å²) in [5.41, 5.74) is 0.977. The molecule has 1 aliphatic heterocycles. The number of nitrogens with zero attached hydrogens (tertiary/aromatic N) is 2. The zero-order chi connectivity index (χ0) is 24.4. The normalized spacial score (nSPS) is 17.1. The summed E-state index contributed by atoms with van der Waals surface area (Å²) in [6, 6.07) is 12.1. The van der Waals surface area contributed by atoms with Gasteiger partial charge in [-0.2, -0.15) is 0 Å². The van der Waals surface area contributed by atoms with Crippen LogP contribution >= 0.6 is 11.6 Å². The van der Waals surface area contributed by atoms with Crippen LogP contribution in [-0.2, 0) is 9.59 Å². The van der Waals surface area contributed by atoms with Gasteiger partial charge in [0.05, 0.1) is 43.5 Å². The van der Waals surface area contributed by atoms with Gasteiger partial charge >= 0.3 is 0 Å². The first-order valence-corrected chi connectivity index (χ1v) is 10.6. The maximum atomic E-state index is 13.3. The number of Topliss-reactive ketones (excluding diaryl/α,β-unsaturated/α-hetero) is 1. The van der Waals surface area contributed by atoms with Crippen LogP contribution in [0.25, 0.3) is 5.76 Å². The lowest BCUT2D eigenvalue weighted by atomic mass is 9.95. The van der Waals surface area contributed by atoms with Crippen molar-refractivity contribution >= 4 is 34.7 Å². The fourth-order valence-electron chi connectivity index (χ4n) is 3.90. The van der Waals surface area contributed by atoms with E-state index in [-0.39, 0.29) is 21.9 Å². The first-order chi connectivity index (χ1) is 16.4. The van der Waals surface area contributed by atoms with E-state index < -0.39 is 23.5 Å². The number of halogens is 1. The van der Waals surface area contributed by atoms with E-state index in [1.54, 1.807) is 42.6 Å². The SMILES string of the molecule is COc1cccc(N2C(=O)C(=O)/C(=C(/O)c3cc(Cl)c(OC)cc3OC)C2c2cccnc2)c1. The second-order valence-electron chi connectivity index (χ2n) is 7.34. The van der Waals surface area contributed by atoms with Crippen LogP contribution in [0.1, 0.15) is 17.2 Å². The lowest BCUT2D eigenvalue weighted by Crippen LogP contribution is -2.29. The summed E-state index contributed by atoms with van der Waals surface area (Å²) in [7, 11) is 4.36. The Labute approximate surface area is 201 Å². The molecular formula is C25H21ClN2O6. The number of hydrogen-bond acceptors (Lipinski definition) is 7. The molecule has 9 heteroatoms. The van der Waals surface area contributed by atoms with Gasteiger partial charge in [0.1, 0.15) is 23.0 Å². The third-order valence-corrected chi connectivity index (χ3v) is 5.80. The van der Waals surface area contributed by atoms with E-state index in [9.17, 15) is 14.7 Å². The molecule has 8 nitrogen and oxygen atoms in total. The van der Waals surface area contributed by atoms with Crippen LogP contribution in [0.3, 0.4) is 0 Å². The topological polar surface area (TPSA) is 98.2 Å². The number of hydrogen-bond donors (Lipinski definition) is 1. The summed E-state index contributed by atoms with van der Waals surface area (Å²) in [6.07, 6.45) is 3.11. The smallest absolute Gasteiger partial charge is 0.300 e. The fourth-order valence-corrected chi connectivity index (χ4v) is 4.14. The van der Waals surface area contributed by atoms with Crippen molar-refractivity contribution in [2.75, 3.05) is 26.2 Å². The number of amides is 1. The molecule has 1 aliphatic rings. The number of ketones is 1. The zero-order valence-electron chi connectivity index (χ0n) is 18.6. The molecule has 0 radical (unpaired) electrons. The van der Waals surface area contributed by atoms with Gasteiger partial charge in [-0.3, -0.25) is 19.5 Å². The van der Waals surface area contributed by atoms with Gasteiger partial charge in [0.2, 0.25) is 0 Å². The molecule has 1 saturated heterocycles. The average Bonchev–Trinajstić information content (AvgIpc) is 3.14.